The summed E-state index contributed by atoms with van der Waals surface area (Å²) >= 11 is 0. The first-order valence-corrected chi connectivity index (χ1v) is 8.28. The molecule has 0 amide bonds. The summed E-state index contributed by atoms with van der Waals surface area (Å²) in [6.45, 7) is 5.36. The highest BCUT2D eigenvalue weighted by atomic mass is 15.2. The SMILES string of the molecule is CCc1cccc2c(CCNC(=NC)NC3CC3C)c[nH]c12. The van der Waals surface area contributed by atoms with Gasteiger partial charge in [-0.3, -0.25) is 4.99 Å². The Balaban J connectivity index is 1.59. The Bertz CT molecular complexity index is 671. The summed E-state index contributed by atoms with van der Waals surface area (Å²) in [5.41, 5.74) is 4.04. The first-order valence-electron chi connectivity index (χ1n) is 8.28. The molecular formula is C18H26N4. The van der Waals surface area contributed by atoms with Gasteiger partial charge in [0.05, 0.1) is 0 Å². The van der Waals surface area contributed by atoms with Crippen molar-refractivity contribution in [2.45, 2.75) is 39.2 Å². The minimum Gasteiger partial charge on any atom is -0.361 e. The molecule has 0 radical (unpaired) electrons. The number of H-pyrrole nitrogens is 1. The van der Waals surface area contributed by atoms with Gasteiger partial charge in [0.25, 0.3) is 0 Å². The Labute approximate surface area is 132 Å². The highest BCUT2D eigenvalue weighted by Crippen LogP contribution is 2.28. The zero-order chi connectivity index (χ0) is 15.5. The number of hydrogen-bond donors (Lipinski definition) is 3. The van der Waals surface area contributed by atoms with E-state index >= 15 is 0 Å². The average Bonchev–Trinajstić information content (AvgIpc) is 3.07. The molecule has 2 atom stereocenters. The summed E-state index contributed by atoms with van der Waals surface area (Å²) in [7, 11) is 1.83. The van der Waals surface area contributed by atoms with E-state index in [0.29, 0.717) is 6.04 Å². The third kappa shape index (κ3) is 3.11. The summed E-state index contributed by atoms with van der Waals surface area (Å²) < 4.78 is 0. The van der Waals surface area contributed by atoms with E-state index in [1.54, 1.807) is 0 Å². The molecule has 4 nitrogen and oxygen atoms in total. The Hall–Kier alpha value is -1.97. The van der Waals surface area contributed by atoms with Gasteiger partial charge in [-0.15, -0.1) is 0 Å². The number of aryl methyl sites for hydroxylation is 1. The summed E-state index contributed by atoms with van der Waals surface area (Å²) in [4.78, 5) is 7.73. The number of nitrogens with zero attached hydrogens (tertiary/aromatic N) is 1. The maximum Gasteiger partial charge on any atom is 0.191 e. The van der Waals surface area contributed by atoms with Gasteiger partial charge in [0.2, 0.25) is 0 Å². The molecule has 22 heavy (non-hydrogen) atoms. The van der Waals surface area contributed by atoms with Crippen molar-refractivity contribution in [3.63, 3.8) is 0 Å². The molecule has 1 aliphatic rings. The largest absolute Gasteiger partial charge is 0.361 e. The smallest absolute Gasteiger partial charge is 0.191 e. The molecule has 4 heteroatoms. The maximum atomic E-state index is 4.30. The van der Waals surface area contributed by atoms with E-state index in [0.717, 1.165) is 31.3 Å². The zero-order valence-corrected chi connectivity index (χ0v) is 13.7. The van der Waals surface area contributed by atoms with E-state index in [4.69, 9.17) is 0 Å². The molecule has 3 N–H and O–H groups in total. The lowest BCUT2D eigenvalue weighted by Gasteiger charge is -2.11. The summed E-state index contributed by atoms with van der Waals surface area (Å²) in [6.07, 6.45) is 5.45. The Morgan fingerprint density at radius 3 is 2.86 bits per heavy atom. The van der Waals surface area contributed by atoms with Crippen LogP contribution in [-0.4, -0.2) is 30.6 Å². The molecule has 1 fully saturated rings. The number of aromatic amines is 1. The van der Waals surface area contributed by atoms with E-state index < -0.39 is 0 Å². The molecular weight excluding hydrogens is 272 g/mol. The number of aliphatic imine (C=N–C) groups is 1. The lowest BCUT2D eigenvalue weighted by atomic mass is 10.1. The number of fused-ring (bicyclic) bond motifs is 1. The van der Waals surface area contributed by atoms with Crippen LogP contribution in [-0.2, 0) is 12.8 Å². The normalized spacial score (nSPS) is 21.1. The second-order valence-electron chi connectivity index (χ2n) is 6.22. The minimum atomic E-state index is 0.603. The van der Waals surface area contributed by atoms with Crippen LogP contribution in [0.15, 0.2) is 29.4 Å². The van der Waals surface area contributed by atoms with Crippen LogP contribution in [0.1, 0.15) is 31.4 Å². The monoisotopic (exact) mass is 298 g/mol. The van der Waals surface area contributed by atoms with Gasteiger partial charge in [-0.2, -0.15) is 0 Å². The van der Waals surface area contributed by atoms with Crippen LogP contribution in [0, 0.1) is 5.92 Å². The quantitative estimate of drug-likeness (QED) is 0.587. The van der Waals surface area contributed by atoms with Crippen LogP contribution in [0.2, 0.25) is 0 Å². The highest BCUT2D eigenvalue weighted by molar-refractivity contribution is 5.86. The maximum absolute atomic E-state index is 4.30. The van der Waals surface area contributed by atoms with E-state index in [2.05, 4.69) is 58.9 Å². The molecule has 2 unspecified atom stereocenters. The molecule has 0 bridgehead atoms. The second kappa shape index (κ2) is 6.42. The molecule has 1 heterocycles. The third-order valence-corrected chi connectivity index (χ3v) is 4.61. The van der Waals surface area contributed by atoms with Crippen molar-refractivity contribution >= 4 is 16.9 Å². The van der Waals surface area contributed by atoms with Gasteiger partial charge in [-0.1, -0.05) is 32.0 Å². The molecule has 1 aromatic carbocycles. The van der Waals surface area contributed by atoms with Crippen molar-refractivity contribution in [1.82, 2.24) is 15.6 Å². The summed E-state index contributed by atoms with van der Waals surface area (Å²) in [5.74, 6) is 1.70. The van der Waals surface area contributed by atoms with Crippen LogP contribution in [0.4, 0.5) is 0 Å². The lowest BCUT2D eigenvalue weighted by molar-refractivity contribution is 0.759. The van der Waals surface area contributed by atoms with Crippen molar-refractivity contribution < 1.29 is 0 Å². The molecule has 0 saturated heterocycles. The van der Waals surface area contributed by atoms with Gasteiger partial charge in [0.15, 0.2) is 5.96 Å². The van der Waals surface area contributed by atoms with Gasteiger partial charge in [0, 0.05) is 36.7 Å². The fraction of sp³-hybridized carbons (Fsp3) is 0.500. The van der Waals surface area contributed by atoms with Crippen molar-refractivity contribution in [2.75, 3.05) is 13.6 Å². The highest BCUT2D eigenvalue weighted by Gasteiger charge is 2.33. The number of benzene rings is 1. The fourth-order valence-corrected chi connectivity index (χ4v) is 2.99. The Kier molecular flexibility index (Phi) is 4.36. The second-order valence-corrected chi connectivity index (χ2v) is 6.22. The van der Waals surface area contributed by atoms with Crippen LogP contribution in [0.5, 0.6) is 0 Å². The third-order valence-electron chi connectivity index (χ3n) is 4.61. The van der Waals surface area contributed by atoms with Crippen LogP contribution in [0.3, 0.4) is 0 Å². The van der Waals surface area contributed by atoms with Crippen LogP contribution >= 0.6 is 0 Å². The van der Waals surface area contributed by atoms with Crippen molar-refractivity contribution in [3.05, 3.63) is 35.5 Å². The standard InChI is InChI=1S/C18H26N4/c1-4-13-6-5-7-15-14(11-21-17(13)15)8-9-20-18(19-3)22-16-10-12(16)2/h5-7,11-12,16,21H,4,8-10H2,1-3H3,(H2,19,20,22). The van der Waals surface area contributed by atoms with Crippen molar-refractivity contribution in [1.29, 1.82) is 0 Å². The lowest BCUT2D eigenvalue weighted by Crippen LogP contribution is -2.39. The molecule has 3 rings (SSSR count). The molecule has 0 aliphatic heterocycles. The predicted octanol–water partition coefficient (Wildman–Crippen LogP) is 2.85. The van der Waals surface area contributed by atoms with Crippen molar-refractivity contribution in [3.8, 4) is 0 Å². The number of hydrogen-bond acceptors (Lipinski definition) is 1. The van der Waals surface area contributed by atoms with Gasteiger partial charge in [-0.05, 0) is 36.3 Å². The van der Waals surface area contributed by atoms with E-state index in [1.807, 2.05) is 7.05 Å². The van der Waals surface area contributed by atoms with Gasteiger partial charge in [-0.25, -0.2) is 0 Å². The Morgan fingerprint density at radius 2 is 2.18 bits per heavy atom. The van der Waals surface area contributed by atoms with Crippen LogP contribution < -0.4 is 10.6 Å². The van der Waals surface area contributed by atoms with E-state index in [1.165, 1.54) is 28.5 Å². The minimum absolute atomic E-state index is 0.603. The summed E-state index contributed by atoms with van der Waals surface area (Å²) in [6, 6.07) is 7.16. The van der Waals surface area contributed by atoms with Gasteiger partial charge in [0.1, 0.15) is 0 Å². The number of rotatable bonds is 5. The number of aromatic nitrogens is 1. The molecule has 118 valence electrons. The topological polar surface area (TPSA) is 52.2 Å². The van der Waals surface area contributed by atoms with Crippen LogP contribution in [0.25, 0.3) is 10.9 Å². The first kappa shape index (κ1) is 14.9. The van der Waals surface area contributed by atoms with Gasteiger partial charge >= 0.3 is 0 Å². The number of nitrogens with one attached hydrogen (secondary N) is 3. The molecule has 0 spiro atoms. The predicted molar refractivity (Wildman–Crippen MR) is 93.4 cm³/mol. The number of guanidine groups is 1. The molecule has 1 saturated carbocycles. The first-order chi connectivity index (χ1) is 10.7. The number of para-hydroxylation sites is 1. The molecule has 1 aliphatic carbocycles. The average molecular weight is 298 g/mol. The van der Waals surface area contributed by atoms with Gasteiger partial charge < -0.3 is 15.6 Å². The molecule has 1 aromatic heterocycles. The summed E-state index contributed by atoms with van der Waals surface area (Å²) in [5, 5.41) is 8.22. The molecule has 2 aromatic rings. The zero-order valence-electron chi connectivity index (χ0n) is 13.7. The fourth-order valence-electron chi connectivity index (χ4n) is 2.99. The van der Waals surface area contributed by atoms with E-state index in [-0.39, 0.29) is 0 Å². The van der Waals surface area contributed by atoms with Crippen molar-refractivity contribution in [2.24, 2.45) is 10.9 Å². The van der Waals surface area contributed by atoms with E-state index in [9.17, 15) is 0 Å². The Morgan fingerprint density at radius 1 is 1.36 bits per heavy atom.